The third-order valence-corrected chi connectivity index (χ3v) is 7.72. The summed E-state index contributed by atoms with van der Waals surface area (Å²) in [5.74, 6) is 1.39. The summed E-state index contributed by atoms with van der Waals surface area (Å²) in [6.45, 7) is 6.22. The van der Waals surface area contributed by atoms with Gasteiger partial charge in [0, 0.05) is 29.8 Å². The lowest BCUT2D eigenvalue weighted by Gasteiger charge is -2.31. The molecule has 0 radical (unpaired) electrons. The van der Waals surface area contributed by atoms with Crippen LogP contribution >= 0.6 is 0 Å². The summed E-state index contributed by atoms with van der Waals surface area (Å²) in [5, 5.41) is 17.2. The Kier molecular flexibility index (Phi) is 7.69. The Bertz CT molecular complexity index is 1700. The molecule has 1 fully saturated rings. The van der Waals surface area contributed by atoms with Crippen LogP contribution < -0.4 is 4.74 Å². The molecule has 5 aromatic rings. The van der Waals surface area contributed by atoms with Gasteiger partial charge in [0.15, 0.2) is 0 Å². The van der Waals surface area contributed by atoms with Crippen molar-refractivity contribution in [2.45, 2.75) is 51.9 Å². The number of piperidine rings is 1. The molecule has 6 rings (SSSR count). The molecular formula is C31H31FN8O. The molecule has 0 unspecified atom stereocenters. The van der Waals surface area contributed by atoms with E-state index < -0.39 is 5.82 Å². The first-order chi connectivity index (χ1) is 20.1. The molecule has 1 aliphatic rings. The van der Waals surface area contributed by atoms with E-state index in [1.54, 1.807) is 18.2 Å². The number of nitrogens with zero attached hydrogens (tertiary/aromatic N) is 8. The standard InChI is InChI=1S/C31H31FN8O/c1-2-40-25(18-34-37-40)19-39-29-8-4-3-6-28(29)35-30(39)20-38-14-12-23(13-15-38)27-7-5-9-31(36-27)41-21-24-11-10-22(17-33)16-26(24)32/h3-11,16,18,23H,2,12-15,19-21H2,1H3. The van der Waals surface area contributed by atoms with E-state index in [0.717, 1.165) is 67.3 Å². The molecule has 0 bridgehead atoms. The Hall–Kier alpha value is -4.62. The number of para-hydroxylation sites is 2. The number of fused-ring (bicyclic) bond motifs is 1. The minimum absolute atomic E-state index is 0.0581. The lowest BCUT2D eigenvalue weighted by molar-refractivity contribution is 0.196. The second-order valence-electron chi connectivity index (χ2n) is 10.3. The van der Waals surface area contributed by atoms with Crippen molar-refractivity contribution in [3.8, 4) is 11.9 Å². The molecule has 0 saturated carbocycles. The molecular weight excluding hydrogens is 519 g/mol. The van der Waals surface area contributed by atoms with E-state index in [2.05, 4.69) is 44.9 Å². The Morgan fingerprint density at radius 3 is 2.68 bits per heavy atom. The fourth-order valence-electron chi connectivity index (χ4n) is 5.46. The van der Waals surface area contributed by atoms with Crippen LogP contribution in [0.3, 0.4) is 0 Å². The number of imidazole rings is 1. The van der Waals surface area contributed by atoms with Crippen molar-refractivity contribution in [2.75, 3.05) is 13.1 Å². The molecule has 0 N–H and O–H groups in total. The maximum Gasteiger partial charge on any atom is 0.213 e. The quantitative estimate of drug-likeness (QED) is 0.253. The van der Waals surface area contributed by atoms with Gasteiger partial charge in [-0.3, -0.25) is 4.90 Å². The predicted octanol–water partition coefficient (Wildman–Crippen LogP) is 5.06. The molecule has 4 heterocycles. The summed E-state index contributed by atoms with van der Waals surface area (Å²) in [7, 11) is 0. The third kappa shape index (κ3) is 5.81. The highest BCUT2D eigenvalue weighted by Crippen LogP contribution is 2.29. The number of halogens is 1. The summed E-state index contributed by atoms with van der Waals surface area (Å²) in [6.07, 6.45) is 3.79. The van der Waals surface area contributed by atoms with Crippen LogP contribution in [0.1, 0.15) is 54.0 Å². The number of nitriles is 1. The van der Waals surface area contributed by atoms with E-state index in [1.807, 2.05) is 35.1 Å². The van der Waals surface area contributed by atoms with Crippen LogP contribution in [0.4, 0.5) is 4.39 Å². The molecule has 10 heteroatoms. The second-order valence-corrected chi connectivity index (χ2v) is 10.3. The van der Waals surface area contributed by atoms with E-state index in [1.165, 1.54) is 6.07 Å². The van der Waals surface area contributed by atoms with Gasteiger partial charge < -0.3 is 9.30 Å². The van der Waals surface area contributed by atoms with Gasteiger partial charge in [-0.15, -0.1) is 5.10 Å². The molecule has 0 spiro atoms. The van der Waals surface area contributed by atoms with E-state index in [-0.39, 0.29) is 12.2 Å². The average Bonchev–Trinajstić information content (AvgIpc) is 3.61. The van der Waals surface area contributed by atoms with E-state index in [9.17, 15) is 4.39 Å². The summed E-state index contributed by atoms with van der Waals surface area (Å²) >= 11 is 0. The Morgan fingerprint density at radius 2 is 1.88 bits per heavy atom. The van der Waals surface area contributed by atoms with Gasteiger partial charge in [0.25, 0.3) is 0 Å². The van der Waals surface area contributed by atoms with Crippen molar-refractivity contribution in [1.29, 1.82) is 5.26 Å². The molecule has 0 atom stereocenters. The number of likely N-dealkylation sites (tertiary alicyclic amines) is 1. The van der Waals surface area contributed by atoms with Gasteiger partial charge in [0.2, 0.25) is 5.88 Å². The number of hydrogen-bond acceptors (Lipinski definition) is 7. The molecule has 0 amide bonds. The van der Waals surface area contributed by atoms with Gasteiger partial charge in [-0.2, -0.15) is 5.26 Å². The SMILES string of the molecule is CCn1nncc1Cn1c(CN2CCC(c3cccc(OCc4ccc(C#N)cc4F)n3)CC2)nc2ccccc21. The molecule has 0 aliphatic carbocycles. The number of aryl methyl sites for hydroxylation is 1. The maximum absolute atomic E-state index is 14.2. The van der Waals surface area contributed by atoms with Crippen LogP contribution in [0.5, 0.6) is 5.88 Å². The van der Waals surface area contributed by atoms with Crippen molar-refractivity contribution >= 4 is 11.0 Å². The number of aromatic nitrogens is 6. The molecule has 3 aromatic heterocycles. The van der Waals surface area contributed by atoms with Crippen molar-refractivity contribution in [1.82, 2.24) is 34.4 Å². The van der Waals surface area contributed by atoms with Crippen molar-refractivity contribution < 1.29 is 9.13 Å². The Morgan fingerprint density at radius 1 is 1.02 bits per heavy atom. The van der Waals surface area contributed by atoms with Crippen LogP contribution in [-0.4, -0.2) is 47.5 Å². The zero-order chi connectivity index (χ0) is 28.2. The predicted molar refractivity (Wildman–Crippen MR) is 151 cm³/mol. The summed E-state index contributed by atoms with van der Waals surface area (Å²) in [6, 6.07) is 20.4. The van der Waals surface area contributed by atoms with Crippen LogP contribution in [0, 0.1) is 17.1 Å². The number of pyridine rings is 1. The molecule has 2 aromatic carbocycles. The normalized spacial score (nSPS) is 14.4. The fourth-order valence-corrected chi connectivity index (χ4v) is 5.46. The average molecular weight is 551 g/mol. The van der Waals surface area contributed by atoms with Crippen LogP contribution in [0.15, 0.2) is 66.9 Å². The first-order valence-electron chi connectivity index (χ1n) is 13.9. The first kappa shape index (κ1) is 26.6. The van der Waals surface area contributed by atoms with Gasteiger partial charge >= 0.3 is 0 Å². The second kappa shape index (κ2) is 11.9. The van der Waals surface area contributed by atoms with Gasteiger partial charge in [-0.05, 0) is 63.2 Å². The highest BCUT2D eigenvalue weighted by Gasteiger charge is 2.24. The van der Waals surface area contributed by atoms with Gasteiger partial charge in [0.05, 0.1) is 47.6 Å². The Balaban J connectivity index is 1.10. The van der Waals surface area contributed by atoms with E-state index in [0.29, 0.717) is 23.9 Å². The first-order valence-corrected chi connectivity index (χ1v) is 13.9. The molecule has 208 valence electrons. The van der Waals surface area contributed by atoms with Crippen LogP contribution in [0.2, 0.25) is 0 Å². The number of ether oxygens (including phenoxy) is 1. The minimum atomic E-state index is -0.450. The summed E-state index contributed by atoms with van der Waals surface area (Å²) in [5.41, 5.74) is 4.85. The fraction of sp³-hybridized carbons (Fsp3) is 0.323. The van der Waals surface area contributed by atoms with E-state index >= 15 is 0 Å². The monoisotopic (exact) mass is 550 g/mol. The molecule has 41 heavy (non-hydrogen) atoms. The minimum Gasteiger partial charge on any atom is -0.473 e. The van der Waals surface area contributed by atoms with Crippen molar-refractivity contribution in [3.63, 3.8) is 0 Å². The van der Waals surface area contributed by atoms with Gasteiger partial charge in [-0.1, -0.05) is 29.5 Å². The topological polar surface area (TPSA) is 97.7 Å². The van der Waals surface area contributed by atoms with Crippen molar-refractivity contribution in [2.24, 2.45) is 0 Å². The van der Waals surface area contributed by atoms with Gasteiger partial charge in [0.1, 0.15) is 18.2 Å². The lowest BCUT2D eigenvalue weighted by atomic mass is 9.93. The summed E-state index contributed by atoms with van der Waals surface area (Å²) < 4.78 is 24.3. The largest absolute Gasteiger partial charge is 0.473 e. The number of hydrogen-bond donors (Lipinski definition) is 0. The number of benzene rings is 2. The van der Waals surface area contributed by atoms with Crippen LogP contribution in [0.25, 0.3) is 11.0 Å². The van der Waals surface area contributed by atoms with Crippen LogP contribution in [-0.2, 0) is 26.2 Å². The van der Waals surface area contributed by atoms with Crippen molar-refractivity contribution in [3.05, 3.63) is 101 Å². The number of rotatable bonds is 9. The lowest BCUT2D eigenvalue weighted by Crippen LogP contribution is -2.33. The highest BCUT2D eigenvalue weighted by molar-refractivity contribution is 5.76. The zero-order valence-corrected chi connectivity index (χ0v) is 22.9. The smallest absolute Gasteiger partial charge is 0.213 e. The molecule has 1 saturated heterocycles. The molecule has 9 nitrogen and oxygen atoms in total. The maximum atomic E-state index is 14.2. The summed E-state index contributed by atoms with van der Waals surface area (Å²) in [4.78, 5) is 12.2. The van der Waals surface area contributed by atoms with E-state index in [4.69, 9.17) is 20.0 Å². The third-order valence-electron chi connectivity index (χ3n) is 7.72. The Labute approximate surface area is 237 Å². The zero-order valence-electron chi connectivity index (χ0n) is 22.9. The highest BCUT2D eigenvalue weighted by atomic mass is 19.1. The molecule has 1 aliphatic heterocycles. The van der Waals surface area contributed by atoms with Gasteiger partial charge in [-0.25, -0.2) is 19.0 Å².